The second-order valence-electron chi connectivity index (χ2n) is 4.36. The summed E-state index contributed by atoms with van der Waals surface area (Å²) in [5.41, 5.74) is 1.21. The van der Waals surface area contributed by atoms with Crippen molar-refractivity contribution >= 4 is 17.4 Å². The molecular formula is C14H14ClFN2O. The first-order valence-corrected chi connectivity index (χ1v) is 6.44. The zero-order chi connectivity index (χ0) is 14.0. The zero-order valence-electron chi connectivity index (χ0n) is 10.8. The van der Waals surface area contributed by atoms with E-state index in [0.29, 0.717) is 28.4 Å². The maximum absolute atomic E-state index is 13.2. The fraction of sp³-hybridized carbons (Fsp3) is 0.286. The Balaban J connectivity index is 2.43. The molecule has 2 aromatic rings. The quantitative estimate of drug-likeness (QED) is 0.802. The summed E-state index contributed by atoms with van der Waals surface area (Å²) in [6, 6.07) is 4.28. The minimum absolute atomic E-state index is 0.237. The lowest BCUT2D eigenvalue weighted by molar-refractivity contribution is 0.102. The van der Waals surface area contributed by atoms with Gasteiger partial charge in [-0.05, 0) is 37.1 Å². The molecule has 0 aliphatic carbocycles. The molecular weight excluding hydrogens is 267 g/mol. The van der Waals surface area contributed by atoms with E-state index in [4.69, 9.17) is 11.6 Å². The van der Waals surface area contributed by atoms with Crippen molar-refractivity contribution in [1.29, 1.82) is 0 Å². The number of hydrogen-bond donors (Lipinski definition) is 0. The van der Waals surface area contributed by atoms with Crippen LogP contribution in [0.5, 0.6) is 0 Å². The van der Waals surface area contributed by atoms with Crippen molar-refractivity contribution in [3.05, 3.63) is 52.1 Å². The van der Waals surface area contributed by atoms with Gasteiger partial charge in [0.25, 0.3) is 0 Å². The Morgan fingerprint density at radius 1 is 1.47 bits per heavy atom. The normalized spacial score (nSPS) is 10.7. The van der Waals surface area contributed by atoms with E-state index >= 15 is 0 Å². The fourth-order valence-electron chi connectivity index (χ4n) is 1.89. The topological polar surface area (TPSA) is 34.9 Å². The van der Waals surface area contributed by atoms with Gasteiger partial charge in [0.1, 0.15) is 11.5 Å². The number of nitrogens with zero attached hydrogens (tertiary/aromatic N) is 2. The van der Waals surface area contributed by atoms with Crippen LogP contribution in [0.1, 0.15) is 35.0 Å². The molecule has 0 radical (unpaired) electrons. The maximum atomic E-state index is 13.2. The zero-order valence-corrected chi connectivity index (χ0v) is 11.5. The van der Waals surface area contributed by atoms with Crippen molar-refractivity contribution in [3.63, 3.8) is 0 Å². The Morgan fingerprint density at radius 3 is 2.84 bits per heavy atom. The minimum atomic E-state index is -0.329. The molecule has 0 bridgehead atoms. The van der Waals surface area contributed by atoms with Crippen molar-refractivity contribution in [3.8, 4) is 0 Å². The van der Waals surface area contributed by atoms with Crippen LogP contribution >= 0.6 is 11.6 Å². The van der Waals surface area contributed by atoms with Gasteiger partial charge in [-0.1, -0.05) is 18.5 Å². The molecule has 3 nitrogen and oxygen atoms in total. The molecule has 0 fully saturated rings. The first kappa shape index (κ1) is 13.7. The Labute approximate surface area is 116 Å². The number of halogens is 2. The molecule has 0 amide bonds. The number of carbonyl (C=O) groups is 1. The van der Waals surface area contributed by atoms with E-state index in [-0.39, 0.29) is 11.6 Å². The molecule has 1 aromatic heterocycles. The van der Waals surface area contributed by atoms with E-state index in [0.717, 1.165) is 6.42 Å². The van der Waals surface area contributed by atoms with Crippen LogP contribution < -0.4 is 0 Å². The highest BCUT2D eigenvalue weighted by Gasteiger charge is 2.19. The number of aryl methyl sites for hydroxylation is 2. The van der Waals surface area contributed by atoms with Crippen LogP contribution in [-0.2, 0) is 6.54 Å². The lowest BCUT2D eigenvalue weighted by atomic mass is 10.1. The first-order chi connectivity index (χ1) is 9.04. The summed E-state index contributed by atoms with van der Waals surface area (Å²) in [6.45, 7) is 4.23. The highest BCUT2D eigenvalue weighted by atomic mass is 35.5. The lowest BCUT2D eigenvalue weighted by Gasteiger charge is -2.07. The van der Waals surface area contributed by atoms with Gasteiger partial charge in [0, 0.05) is 12.1 Å². The van der Waals surface area contributed by atoms with Gasteiger partial charge < -0.3 is 0 Å². The third kappa shape index (κ3) is 2.68. The van der Waals surface area contributed by atoms with E-state index < -0.39 is 0 Å². The lowest BCUT2D eigenvalue weighted by Crippen LogP contribution is -2.12. The summed E-state index contributed by atoms with van der Waals surface area (Å²) in [5, 5.41) is 4.40. The third-order valence-corrected chi connectivity index (χ3v) is 3.14. The standard InChI is InChI=1S/C14H14ClFN2O/c1-3-6-18-13(11(15)8-17-18)14(19)10-4-5-12(16)9(2)7-10/h4-5,7-8H,3,6H2,1-2H3. The van der Waals surface area contributed by atoms with E-state index in [9.17, 15) is 9.18 Å². The molecule has 1 aromatic carbocycles. The molecule has 0 atom stereocenters. The predicted molar refractivity (Wildman–Crippen MR) is 72.1 cm³/mol. The Kier molecular flexibility index (Phi) is 4.00. The van der Waals surface area contributed by atoms with Gasteiger partial charge >= 0.3 is 0 Å². The summed E-state index contributed by atoms with van der Waals surface area (Å²) < 4.78 is 14.8. The molecule has 5 heteroatoms. The first-order valence-electron chi connectivity index (χ1n) is 6.06. The van der Waals surface area contributed by atoms with Gasteiger partial charge in [-0.2, -0.15) is 5.10 Å². The monoisotopic (exact) mass is 280 g/mol. The van der Waals surface area contributed by atoms with Crippen LogP contribution in [0, 0.1) is 12.7 Å². The number of benzene rings is 1. The highest BCUT2D eigenvalue weighted by Crippen LogP contribution is 2.20. The summed E-state index contributed by atoms with van der Waals surface area (Å²) in [4.78, 5) is 12.4. The van der Waals surface area contributed by atoms with Gasteiger partial charge in [0.05, 0.1) is 11.2 Å². The number of aromatic nitrogens is 2. The maximum Gasteiger partial charge on any atom is 0.212 e. The SMILES string of the molecule is CCCn1ncc(Cl)c1C(=O)c1ccc(F)c(C)c1. The molecule has 19 heavy (non-hydrogen) atoms. The Bertz CT molecular complexity index is 622. The van der Waals surface area contributed by atoms with Crippen LogP contribution in [0.4, 0.5) is 4.39 Å². The van der Waals surface area contributed by atoms with E-state index in [1.54, 1.807) is 11.6 Å². The third-order valence-electron chi connectivity index (χ3n) is 2.87. The van der Waals surface area contributed by atoms with Crippen LogP contribution in [0.25, 0.3) is 0 Å². The van der Waals surface area contributed by atoms with Crippen molar-refractivity contribution in [2.75, 3.05) is 0 Å². The summed E-state index contributed by atoms with van der Waals surface area (Å²) in [7, 11) is 0. The van der Waals surface area contributed by atoms with Crippen LogP contribution in [0.2, 0.25) is 5.02 Å². The molecule has 0 aliphatic heterocycles. The Morgan fingerprint density at radius 2 is 2.21 bits per heavy atom. The van der Waals surface area contributed by atoms with Gasteiger partial charge in [-0.15, -0.1) is 0 Å². The number of carbonyl (C=O) groups excluding carboxylic acids is 1. The smallest absolute Gasteiger partial charge is 0.212 e. The van der Waals surface area contributed by atoms with Gasteiger partial charge in [0.15, 0.2) is 0 Å². The highest BCUT2D eigenvalue weighted by molar-refractivity contribution is 6.34. The average Bonchev–Trinajstić information content (AvgIpc) is 2.74. The Hall–Kier alpha value is -1.68. The van der Waals surface area contributed by atoms with Gasteiger partial charge in [0.2, 0.25) is 5.78 Å². The van der Waals surface area contributed by atoms with E-state index in [1.807, 2.05) is 6.92 Å². The summed E-state index contributed by atoms with van der Waals surface area (Å²) in [6.07, 6.45) is 2.31. The largest absolute Gasteiger partial charge is 0.287 e. The van der Waals surface area contributed by atoms with E-state index in [1.165, 1.54) is 24.4 Å². The molecule has 0 aliphatic rings. The van der Waals surface area contributed by atoms with E-state index in [2.05, 4.69) is 5.10 Å². The molecule has 1 heterocycles. The second kappa shape index (κ2) is 5.53. The van der Waals surface area contributed by atoms with Crippen molar-refractivity contribution in [2.45, 2.75) is 26.8 Å². The molecule has 100 valence electrons. The molecule has 0 unspecified atom stereocenters. The molecule has 0 N–H and O–H groups in total. The average molecular weight is 281 g/mol. The second-order valence-corrected chi connectivity index (χ2v) is 4.76. The molecule has 0 saturated carbocycles. The van der Waals surface area contributed by atoms with Crippen molar-refractivity contribution in [2.24, 2.45) is 0 Å². The molecule has 0 saturated heterocycles. The summed E-state index contributed by atoms with van der Waals surface area (Å²) in [5.74, 6) is -0.566. The van der Waals surface area contributed by atoms with Gasteiger partial charge in [-0.3, -0.25) is 9.48 Å². The van der Waals surface area contributed by atoms with Crippen molar-refractivity contribution in [1.82, 2.24) is 9.78 Å². The number of hydrogen-bond acceptors (Lipinski definition) is 2. The van der Waals surface area contributed by atoms with Crippen LogP contribution in [-0.4, -0.2) is 15.6 Å². The van der Waals surface area contributed by atoms with Crippen LogP contribution in [0.15, 0.2) is 24.4 Å². The molecule has 0 spiro atoms. The number of rotatable bonds is 4. The fourth-order valence-corrected chi connectivity index (χ4v) is 2.12. The van der Waals surface area contributed by atoms with Crippen LogP contribution in [0.3, 0.4) is 0 Å². The van der Waals surface area contributed by atoms with Crippen molar-refractivity contribution < 1.29 is 9.18 Å². The summed E-state index contributed by atoms with van der Waals surface area (Å²) >= 11 is 6.02. The number of ketones is 1. The minimum Gasteiger partial charge on any atom is -0.287 e. The molecule has 2 rings (SSSR count). The predicted octanol–water partition coefficient (Wildman–Crippen LogP) is 3.63. The van der Waals surface area contributed by atoms with Gasteiger partial charge in [-0.25, -0.2) is 4.39 Å².